The fourth-order valence-electron chi connectivity index (χ4n) is 4.11. The van der Waals surface area contributed by atoms with Crippen LogP contribution in [0.15, 0.2) is 47.1 Å². The van der Waals surface area contributed by atoms with Crippen LogP contribution in [-0.4, -0.2) is 54.3 Å². The summed E-state index contributed by atoms with van der Waals surface area (Å²) >= 11 is 0. The lowest BCUT2D eigenvalue weighted by Crippen LogP contribution is -2.36. The van der Waals surface area contributed by atoms with E-state index in [4.69, 9.17) is 4.42 Å². The zero-order chi connectivity index (χ0) is 19.3. The zero-order valence-electron chi connectivity index (χ0n) is 16.2. The van der Waals surface area contributed by atoms with Gasteiger partial charge < -0.3 is 14.2 Å². The first-order chi connectivity index (χ1) is 13.7. The number of carbonyl (C=O) groups is 2. The summed E-state index contributed by atoms with van der Waals surface area (Å²) in [4.78, 5) is 31.3. The van der Waals surface area contributed by atoms with Gasteiger partial charge in [0.2, 0.25) is 11.8 Å². The van der Waals surface area contributed by atoms with Crippen LogP contribution in [0.2, 0.25) is 0 Å². The Balaban J connectivity index is 1.25. The Morgan fingerprint density at radius 2 is 1.75 bits per heavy atom. The number of anilines is 1. The standard InChI is InChI=1S/C22H27N3O3/c26-21(8-9-22(27)25-13-10-18-5-1-2-7-20(18)25)24-12-4-11-23(14-15-24)17-19-6-3-16-28-19/h1-3,5-7,16H,4,8-15,17H2. The number of benzene rings is 1. The molecular weight excluding hydrogens is 354 g/mol. The molecular formula is C22H27N3O3. The van der Waals surface area contributed by atoms with E-state index < -0.39 is 0 Å². The number of carbonyl (C=O) groups excluding carboxylic acids is 2. The molecule has 6 nitrogen and oxygen atoms in total. The van der Waals surface area contributed by atoms with E-state index in [1.54, 1.807) is 6.26 Å². The highest BCUT2D eigenvalue weighted by Crippen LogP contribution is 2.28. The van der Waals surface area contributed by atoms with Gasteiger partial charge >= 0.3 is 0 Å². The van der Waals surface area contributed by atoms with Gasteiger partial charge in [0, 0.05) is 51.3 Å². The van der Waals surface area contributed by atoms with Crippen LogP contribution in [0.4, 0.5) is 5.69 Å². The molecule has 2 amide bonds. The molecule has 0 unspecified atom stereocenters. The van der Waals surface area contributed by atoms with E-state index in [2.05, 4.69) is 11.0 Å². The monoisotopic (exact) mass is 381 g/mol. The van der Waals surface area contributed by atoms with E-state index in [1.165, 1.54) is 5.56 Å². The van der Waals surface area contributed by atoms with Gasteiger partial charge in [0.15, 0.2) is 0 Å². The molecule has 6 heteroatoms. The van der Waals surface area contributed by atoms with Gasteiger partial charge in [-0.1, -0.05) is 18.2 Å². The summed E-state index contributed by atoms with van der Waals surface area (Å²) in [6.07, 6.45) is 4.10. The number of para-hydroxylation sites is 1. The second-order valence-corrected chi connectivity index (χ2v) is 7.51. The summed E-state index contributed by atoms with van der Waals surface area (Å²) in [6.45, 7) is 4.75. The van der Waals surface area contributed by atoms with E-state index >= 15 is 0 Å². The van der Waals surface area contributed by atoms with Crippen LogP contribution in [0.25, 0.3) is 0 Å². The maximum Gasteiger partial charge on any atom is 0.227 e. The van der Waals surface area contributed by atoms with Crippen molar-refractivity contribution in [2.45, 2.75) is 32.2 Å². The topological polar surface area (TPSA) is 57.0 Å². The second kappa shape index (κ2) is 8.61. The van der Waals surface area contributed by atoms with Crippen LogP contribution >= 0.6 is 0 Å². The average molecular weight is 381 g/mol. The summed E-state index contributed by atoms with van der Waals surface area (Å²) < 4.78 is 5.43. The molecule has 148 valence electrons. The molecule has 3 heterocycles. The van der Waals surface area contributed by atoms with E-state index in [1.807, 2.05) is 40.1 Å². The Morgan fingerprint density at radius 3 is 2.61 bits per heavy atom. The van der Waals surface area contributed by atoms with Gasteiger partial charge in [-0.05, 0) is 36.6 Å². The van der Waals surface area contributed by atoms with Crippen molar-refractivity contribution < 1.29 is 14.0 Å². The van der Waals surface area contributed by atoms with Crippen LogP contribution in [0.3, 0.4) is 0 Å². The van der Waals surface area contributed by atoms with E-state index in [9.17, 15) is 9.59 Å². The molecule has 2 aliphatic rings. The smallest absolute Gasteiger partial charge is 0.227 e. The van der Waals surface area contributed by atoms with Crippen LogP contribution < -0.4 is 4.90 Å². The molecule has 1 fully saturated rings. The maximum absolute atomic E-state index is 12.7. The summed E-state index contributed by atoms with van der Waals surface area (Å²) in [5.41, 5.74) is 2.22. The van der Waals surface area contributed by atoms with Crippen LogP contribution in [0.5, 0.6) is 0 Å². The van der Waals surface area contributed by atoms with Crippen molar-refractivity contribution in [3.05, 3.63) is 54.0 Å². The molecule has 0 atom stereocenters. The van der Waals surface area contributed by atoms with E-state index in [-0.39, 0.29) is 24.7 Å². The number of furan rings is 1. The van der Waals surface area contributed by atoms with E-state index in [0.717, 1.165) is 57.0 Å². The lowest BCUT2D eigenvalue weighted by atomic mass is 10.2. The molecule has 0 radical (unpaired) electrons. The highest BCUT2D eigenvalue weighted by atomic mass is 16.3. The zero-order valence-corrected chi connectivity index (χ0v) is 16.2. The van der Waals surface area contributed by atoms with Gasteiger partial charge in [-0.25, -0.2) is 0 Å². The molecule has 1 aromatic heterocycles. The Labute approximate surface area is 165 Å². The summed E-state index contributed by atoms with van der Waals surface area (Å²) in [6, 6.07) is 11.9. The third kappa shape index (κ3) is 4.28. The lowest BCUT2D eigenvalue weighted by molar-refractivity contribution is -0.133. The van der Waals surface area contributed by atoms with Crippen molar-refractivity contribution in [1.29, 1.82) is 0 Å². The van der Waals surface area contributed by atoms with Crippen LogP contribution in [0.1, 0.15) is 30.6 Å². The number of fused-ring (bicyclic) bond motifs is 1. The first-order valence-electron chi connectivity index (χ1n) is 10.1. The molecule has 0 aliphatic carbocycles. The highest BCUT2D eigenvalue weighted by molar-refractivity contribution is 5.97. The van der Waals surface area contributed by atoms with Crippen LogP contribution in [0, 0.1) is 0 Å². The van der Waals surface area contributed by atoms with Crippen molar-refractivity contribution in [3.8, 4) is 0 Å². The fourth-order valence-corrected chi connectivity index (χ4v) is 4.11. The summed E-state index contributed by atoms with van der Waals surface area (Å²) in [5, 5.41) is 0. The van der Waals surface area contributed by atoms with Gasteiger partial charge in [0.1, 0.15) is 5.76 Å². The Morgan fingerprint density at radius 1 is 0.893 bits per heavy atom. The van der Waals surface area contributed by atoms with Gasteiger partial charge in [-0.3, -0.25) is 14.5 Å². The van der Waals surface area contributed by atoms with Crippen molar-refractivity contribution >= 4 is 17.5 Å². The molecule has 1 aromatic carbocycles. The molecule has 0 bridgehead atoms. The number of nitrogens with zero attached hydrogens (tertiary/aromatic N) is 3. The minimum atomic E-state index is 0.0487. The van der Waals surface area contributed by atoms with Crippen LogP contribution in [-0.2, 0) is 22.6 Å². The molecule has 0 spiro atoms. The SMILES string of the molecule is O=C(CCC(=O)N1CCc2ccccc21)N1CCCN(Cc2ccco2)CC1. The van der Waals surface area contributed by atoms with Crippen molar-refractivity contribution in [3.63, 3.8) is 0 Å². The molecule has 28 heavy (non-hydrogen) atoms. The first kappa shape index (κ1) is 18.7. The molecule has 0 N–H and O–H groups in total. The maximum atomic E-state index is 12.7. The predicted octanol–water partition coefficient (Wildman–Crippen LogP) is 2.68. The molecule has 2 aliphatic heterocycles. The minimum absolute atomic E-state index is 0.0487. The number of hydrogen-bond acceptors (Lipinski definition) is 4. The molecule has 2 aromatic rings. The third-order valence-electron chi connectivity index (χ3n) is 5.64. The summed E-state index contributed by atoms with van der Waals surface area (Å²) in [7, 11) is 0. The number of amides is 2. The second-order valence-electron chi connectivity index (χ2n) is 7.51. The fraction of sp³-hybridized carbons (Fsp3) is 0.455. The largest absolute Gasteiger partial charge is 0.468 e. The normalized spacial score (nSPS) is 17.4. The quantitative estimate of drug-likeness (QED) is 0.799. The van der Waals surface area contributed by atoms with Crippen molar-refractivity contribution in [1.82, 2.24) is 9.80 Å². The van der Waals surface area contributed by atoms with Crippen molar-refractivity contribution in [2.24, 2.45) is 0 Å². The molecule has 0 saturated carbocycles. The highest BCUT2D eigenvalue weighted by Gasteiger charge is 2.25. The number of rotatable bonds is 5. The van der Waals surface area contributed by atoms with Gasteiger partial charge in [-0.2, -0.15) is 0 Å². The average Bonchev–Trinajstić information content (AvgIpc) is 3.31. The number of hydrogen-bond donors (Lipinski definition) is 0. The summed E-state index contributed by atoms with van der Waals surface area (Å²) in [5.74, 6) is 1.09. The lowest BCUT2D eigenvalue weighted by Gasteiger charge is -2.22. The Bertz CT molecular complexity index is 818. The van der Waals surface area contributed by atoms with Crippen molar-refractivity contribution in [2.75, 3.05) is 37.6 Å². The third-order valence-corrected chi connectivity index (χ3v) is 5.64. The van der Waals surface area contributed by atoms with Gasteiger partial charge in [0.25, 0.3) is 0 Å². The Hall–Kier alpha value is -2.60. The van der Waals surface area contributed by atoms with E-state index in [0.29, 0.717) is 6.54 Å². The van der Waals surface area contributed by atoms with Gasteiger partial charge in [-0.15, -0.1) is 0 Å². The predicted molar refractivity (Wildman–Crippen MR) is 107 cm³/mol. The first-order valence-corrected chi connectivity index (χ1v) is 10.1. The molecule has 1 saturated heterocycles. The Kier molecular flexibility index (Phi) is 5.76. The van der Waals surface area contributed by atoms with Gasteiger partial charge in [0.05, 0.1) is 12.8 Å². The minimum Gasteiger partial charge on any atom is -0.468 e. The molecule has 4 rings (SSSR count).